The molecule has 2 fully saturated rings. The number of carboxylic acids is 1. The van der Waals surface area contributed by atoms with E-state index in [0.29, 0.717) is 34.4 Å². The number of halogens is 2. The van der Waals surface area contributed by atoms with E-state index in [2.05, 4.69) is 15.3 Å². The van der Waals surface area contributed by atoms with Crippen molar-refractivity contribution in [2.45, 2.75) is 31.0 Å². The average Bonchev–Trinajstić information content (AvgIpc) is 3.19. The van der Waals surface area contributed by atoms with Crippen LogP contribution < -0.4 is 5.32 Å². The minimum atomic E-state index is -0.948. The molecule has 4 atom stereocenters. The van der Waals surface area contributed by atoms with Crippen LogP contribution in [0.25, 0.3) is 0 Å². The van der Waals surface area contributed by atoms with Gasteiger partial charge >= 0.3 is 11.9 Å². The van der Waals surface area contributed by atoms with Crippen molar-refractivity contribution in [3.63, 3.8) is 0 Å². The van der Waals surface area contributed by atoms with Gasteiger partial charge in [-0.25, -0.2) is 14.2 Å². The second-order valence-corrected chi connectivity index (χ2v) is 9.47. The highest BCUT2D eigenvalue weighted by Crippen LogP contribution is 2.48. The van der Waals surface area contributed by atoms with Gasteiger partial charge in [-0.15, -0.1) is 11.3 Å². The highest BCUT2D eigenvalue weighted by atomic mass is 35.5. The Labute approximate surface area is 197 Å². The summed E-state index contributed by atoms with van der Waals surface area (Å²) in [5, 5.41) is 15.1. The summed E-state index contributed by atoms with van der Waals surface area (Å²) in [7, 11) is 1.25. The van der Waals surface area contributed by atoms with Gasteiger partial charge in [0.1, 0.15) is 17.9 Å². The van der Waals surface area contributed by atoms with Gasteiger partial charge in [-0.05, 0) is 24.8 Å². The summed E-state index contributed by atoms with van der Waals surface area (Å²) < 4.78 is 19.4. The molecule has 2 N–H and O–H groups in total. The second-order valence-electron chi connectivity index (χ2n) is 8.19. The molecule has 3 heterocycles. The molecule has 2 aliphatic heterocycles. The molecule has 11 heteroatoms. The van der Waals surface area contributed by atoms with Crippen LogP contribution in [-0.4, -0.2) is 58.5 Å². The molecular formula is C22H20ClFN4O4S. The lowest BCUT2D eigenvalue weighted by Crippen LogP contribution is -2.44. The number of methoxy groups -OCH3 is 1. The predicted molar refractivity (Wildman–Crippen MR) is 120 cm³/mol. The van der Waals surface area contributed by atoms with E-state index in [1.54, 1.807) is 17.6 Å². The molecule has 33 heavy (non-hydrogen) atoms. The summed E-state index contributed by atoms with van der Waals surface area (Å²) in [4.78, 5) is 35.7. The largest absolute Gasteiger partial charge is 0.480 e. The van der Waals surface area contributed by atoms with E-state index in [4.69, 9.17) is 16.3 Å². The first-order chi connectivity index (χ1) is 15.9. The highest BCUT2D eigenvalue weighted by Gasteiger charge is 2.54. The Hall–Kier alpha value is -2.82. The molecule has 1 saturated carbocycles. The summed E-state index contributed by atoms with van der Waals surface area (Å²) in [6.45, 7) is 0.177. The van der Waals surface area contributed by atoms with Gasteiger partial charge in [0.25, 0.3) is 0 Å². The number of thiazole rings is 1. The first-order valence-electron chi connectivity index (χ1n) is 10.4. The maximum absolute atomic E-state index is 14.3. The first kappa shape index (κ1) is 22.0. The van der Waals surface area contributed by atoms with Crippen LogP contribution in [0.1, 0.15) is 29.5 Å². The fraction of sp³-hybridized carbons (Fsp3) is 0.364. The Kier molecular flexibility index (Phi) is 5.67. The molecule has 1 aromatic carbocycles. The van der Waals surface area contributed by atoms with E-state index < -0.39 is 29.8 Å². The van der Waals surface area contributed by atoms with Crippen LogP contribution in [0.5, 0.6) is 0 Å². The topological polar surface area (TPSA) is 104 Å². The zero-order chi connectivity index (χ0) is 23.3. The summed E-state index contributed by atoms with van der Waals surface area (Å²) in [6, 6.07) is 2.91. The van der Waals surface area contributed by atoms with E-state index in [1.807, 2.05) is 4.90 Å². The van der Waals surface area contributed by atoms with Crippen molar-refractivity contribution in [2.24, 2.45) is 10.9 Å². The van der Waals surface area contributed by atoms with Gasteiger partial charge in [0.15, 0.2) is 10.8 Å². The molecule has 0 unspecified atom stereocenters. The number of nitrogens with zero attached hydrogens (tertiary/aromatic N) is 3. The number of likely N-dealkylation sites (tertiary alicyclic amines) is 1. The summed E-state index contributed by atoms with van der Waals surface area (Å²) in [6.07, 6.45) is 3.13. The molecule has 172 valence electrons. The van der Waals surface area contributed by atoms with Crippen molar-refractivity contribution in [1.82, 2.24) is 15.2 Å². The lowest BCUT2D eigenvalue weighted by Gasteiger charge is -2.31. The molecule has 1 aliphatic carbocycles. The van der Waals surface area contributed by atoms with Gasteiger partial charge < -0.3 is 15.2 Å². The van der Waals surface area contributed by atoms with E-state index in [0.717, 1.165) is 6.42 Å². The lowest BCUT2D eigenvalue weighted by atomic mass is 9.95. The number of carbonyl (C=O) groups excluding carboxylic acids is 1. The van der Waals surface area contributed by atoms with Crippen LogP contribution >= 0.6 is 22.9 Å². The first-order valence-corrected chi connectivity index (χ1v) is 11.6. The number of nitrogens with one attached hydrogen (secondary N) is 1. The van der Waals surface area contributed by atoms with Crippen LogP contribution in [0, 0.1) is 11.7 Å². The Morgan fingerprint density at radius 1 is 1.39 bits per heavy atom. The fourth-order valence-corrected chi connectivity index (χ4v) is 5.49. The number of hydrogen-bond acceptors (Lipinski definition) is 8. The van der Waals surface area contributed by atoms with Gasteiger partial charge in [0.2, 0.25) is 0 Å². The maximum Gasteiger partial charge on any atom is 0.338 e. The van der Waals surface area contributed by atoms with Crippen LogP contribution in [0.4, 0.5) is 4.39 Å². The summed E-state index contributed by atoms with van der Waals surface area (Å²) in [5.74, 6) is -1.43. The molecule has 3 aliphatic rings. The number of benzene rings is 1. The number of carbonyl (C=O) groups is 2. The maximum atomic E-state index is 14.3. The minimum Gasteiger partial charge on any atom is -0.480 e. The molecule has 0 radical (unpaired) electrons. The number of ether oxygens (including phenoxy) is 1. The molecule has 1 aromatic heterocycles. The molecule has 1 saturated heterocycles. The minimum absolute atomic E-state index is 0.140. The third kappa shape index (κ3) is 3.92. The van der Waals surface area contributed by atoms with E-state index in [1.165, 1.54) is 30.6 Å². The molecule has 0 spiro atoms. The molecule has 0 amide bonds. The van der Waals surface area contributed by atoms with Gasteiger partial charge in [-0.3, -0.25) is 14.7 Å². The standard InChI is InChI=1S/C22H20ClFN4O4S/c1-32-22(31)16-13(9-28-14-7-10(14)8-15(28)21(29)30)26-19(20-25-5-6-33-20)27-18(16)11-3-2-4-12(24)17(11)23/h2-6,10,14-15,18H,7-9H2,1H3,(H,26,27)(H,29,30)/t10-,14-,15+,18+/m1/s1. The van der Waals surface area contributed by atoms with Crippen LogP contribution in [0.15, 0.2) is 46.0 Å². The van der Waals surface area contributed by atoms with Crippen LogP contribution in [0.3, 0.4) is 0 Å². The van der Waals surface area contributed by atoms with Crippen molar-refractivity contribution >= 4 is 40.7 Å². The van der Waals surface area contributed by atoms with Crippen molar-refractivity contribution in [1.29, 1.82) is 0 Å². The Morgan fingerprint density at radius 3 is 2.91 bits per heavy atom. The number of piperidine rings is 1. The van der Waals surface area contributed by atoms with Crippen molar-refractivity contribution < 1.29 is 23.8 Å². The quantitative estimate of drug-likeness (QED) is 0.600. The summed E-state index contributed by atoms with van der Waals surface area (Å²) >= 11 is 7.63. The highest BCUT2D eigenvalue weighted by molar-refractivity contribution is 7.11. The van der Waals surface area contributed by atoms with Crippen molar-refractivity contribution in [3.05, 3.63) is 62.5 Å². The molecule has 0 bridgehead atoms. The van der Waals surface area contributed by atoms with Crippen LogP contribution in [-0.2, 0) is 14.3 Å². The third-order valence-electron chi connectivity index (χ3n) is 6.31. The number of amidine groups is 1. The molecule has 2 aromatic rings. The van der Waals surface area contributed by atoms with Crippen molar-refractivity contribution in [2.75, 3.05) is 13.7 Å². The zero-order valence-corrected chi connectivity index (χ0v) is 19.1. The van der Waals surface area contributed by atoms with Crippen molar-refractivity contribution in [3.8, 4) is 0 Å². The second kappa shape index (κ2) is 8.51. The number of carboxylic acid groups (broad SMARTS) is 1. The number of esters is 1. The molecule has 8 nitrogen and oxygen atoms in total. The van der Waals surface area contributed by atoms with Gasteiger partial charge in [0, 0.05) is 35.4 Å². The predicted octanol–water partition coefficient (Wildman–Crippen LogP) is 3.00. The van der Waals surface area contributed by atoms with E-state index >= 15 is 0 Å². The Morgan fingerprint density at radius 2 is 2.21 bits per heavy atom. The lowest BCUT2D eigenvalue weighted by molar-refractivity contribution is -0.142. The Balaban J connectivity index is 1.63. The van der Waals surface area contributed by atoms with E-state index in [-0.39, 0.29) is 23.2 Å². The normalized spacial score (nSPS) is 26.5. The van der Waals surface area contributed by atoms with Gasteiger partial charge in [-0.2, -0.15) is 0 Å². The van der Waals surface area contributed by atoms with E-state index in [9.17, 15) is 19.1 Å². The van der Waals surface area contributed by atoms with Gasteiger partial charge in [0.05, 0.1) is 17.7 Å². The van der Waals surface area contributed by atoms with Gasteiger partial charge in [-0.1, -0.05) is 23.7 Å². The number of aliphatic carboxylic acids is 1. The number of aliphatic imine (C=N–C) groups is 1. The average molecular weight is 491 g/mol. The Bertz CT molecular complexity index is 1190. The smallest absolute Gasteiger partial charge is 0.338 e. The number of fused-ring (bicyclic) bond motifs is 1. The number of aromatic nitrogens is 1. The molecular weight excluding hydrogens is 471 g/mol. The zero-order valence-electron chi connectivity index (χ0n) is 17.5. The molecule has 5 rings (SSSR count). The fourth-order valence-electron chi connectivity index (χ4n) is 4.67. The number of hydrogen-bond donors (Lipinski definition) is 2. The third-order valence-corrected chi connectivity index (χ3v) is 7.48. The summed E-state index contributed by atoms with van der Waals surface area (Å²) in [5.41, 5.74) is 0.926. The van der Waals surface area contributed by atoms with Crippen LogP contribution in [0.2, 0.25) is 5.02 Å². The number of rotatable bonds is 6. The SMILES string of the molecule is COC(=O)C1=C(CN2[C@@H]3C[C@@H]3C[C@H]2C(=O)O)NC(c2nccs2)=N[C@H]1c1cccc(F)c1Cl. The monoisotopic (exact) mass is 490 g/mol.